The van der Waals surface area contributed by atoms with Crippen molar-refractivity contribution in [3.63, 3.8) is 0 Å². The van der Waals surface area contributed by atoms with Gasteiger partial charge in [-0.1, -0.05) is 29.3 Å². The maximum Gasteiger partial charge on any atom is 0.310 e. The molecule has 0 aromatic heterocycles. The van der Waals surface area contributed by atoms with Gasteiger partial charge in [-0.2, -0.15) is 0 Å². The first-order valence-corrected chi connectivity index (χ1v) is 5.40. The number of halogens is 2. The molecule has 0 aliphatic rings. The van der Waals surface area contributed by atoms with Crippen molar-refractivity contribution in [1.29, 1.82) is 0 Å². The van der Waals surface area contributed by atoms with E-state index in [9.17, 15) is 4.79 Å². The van der Waals surface area contributed by atoms with E-state index in [1.807, 2.05) is 19.1 Å². The lowest BCUT2D eigenvalue weighted by molar-refractivity contribution is -0.139. The summed E-state index contributed by atoms with van der Waals surface area (Å²) in [6.45, 7) is 1.94. The zero-order valence-corrected chi connectivity index (χ0v) is 10.2. The number of ether oxygens (including phenoxy) is 1. The van der Waals surface area contributed by atoms with Crippen LogP contribution in [0.3, 0.4) is 0 Å². The van der Waals surface area contributed by atoms with Gasteiger partial charge < -0.3 is 4.74 Å². The normalized spacial score (nSPS) is 10.1. The topological polar surface area (TPSA) is 26.3 Å². The highest BCUT2D eigenvalue weighted by Gasteiger charge is 2.11. The number of carbonyl (C=O) groups excluding carboxylic acids is 1. The van der Waals surface area contributed by atoms with Crippen molar-refractivity contribution in [2.24, 2.45) is 0 Å². The molecule has 0 radical (unpaired) electrons. The second kappa shape index (κ2) is 5.38. The minimum absolute atomic E-state index is 0.181. The van der Waals surface area contributed by atoms with E-state index in [1.165, 1.54) is 7.11 Å². The van der Waals surface area contributed by atoms with Crippen molar-refractivity contribution in [3.8, 4) is 0 Å². The van der Waals surface area contributed by atoms with E-state index < -0.39 is 0 Å². The van der Waals surface area contributed by atoms with E-state index in [2.05, 4.69) is 4.74 Å². The van der Waals surface area contributed by atoms with E-state index in [0.717, 1.165) is 16.7 Å². The number of hydrogen-bond donors (Lipinski definition) is 0. The average Bonchev–Trinajstić information content (AvgIpc) is 2.22. The van der Waals surface area contributed by atoms with Crippen LogP contribution in [0.15, 0.2) is 12.1 Å². The lowest BCUT2D eigenvalue weighted by Crippen LogP contribution is -2.06. The highest BCUT2D eigenvalue weighted by Crippen LogP contribution is 2.25. The summed E-state index contributed by atoms with van der Waals surface area (Å²) >= 11 is 11.8. The number of carbonyl (C=O) groups is 1. The summed E-state index contributed by atoms with van der Waals surface area (Å²) in [7, 11) is 1.36. The van der Waals surface area contributed by atoms with E-state index in [1.54, 1.807) is 0 Å². The van der Waals surface area contributed by atoms with Crippen LogP contribution in [0.5, 0.6) is 0 Å². The van der Waals surface area contributed by atoms with Gasteiger partial charge in [-0.15, -0.1) is 11.6 Å². The third-order valence-electron chi connectivity index (χ3n) is 2.07. The van der Waals surface area contributed by atoms with E-state index in [0.29, 0.717) is 10.9 Å². The van der Waals surface area contributed by atoms with Crippen molar-refractivity contribution in [2.75, 3.05) is 7.11 Å². The average molecular weight is 247 g/mol. The number of benzene rings is 1. The van der Waals surface area contributed by atoms with Gasteiger partial charge in [0.1, 0.15) is 0 Å². The van der Waals surface area contributed by atoms with Crippen LogP contribution in [0.1, 0.15) is 16.7 Å². The Morgan fingerprint density at radius 3 is 2.53 bits per heavy atom. The van der Waals surface area contributed by atoms with Crippen LogP contribution in [0, 0.1) is 6.92 Å². The Kier molecular flexibility index (Phi) is 4.43. The number of methoxy groups -OCH3 is 1. The molecule has 1 rings (SSSR count). The molecule has 0 saturated heterocycles. The second-order valence-electron chi connectivity index (χ2n) is 3.28. The lowest BCUT2D eigenvalue weighted by atomic mass is 10.0. The molecule has 0 bridgehead atoms. The molecule has 0 N–H and O–H groups in total. The van der Waals surface area contributed by atoms with Crippen LogP contribution in [0.25, 0.3) is 0 Å². The highest BCUT2D eigenvalue weighted by molar-refractivity contribution is 6.33. The SMILES string of the molecule is COC(=O)Cc1cc(C)cc(CCl)c1Cl. The predicted octanol–water partition coefficient (Wildman–Crippen LogP) is 3.10. The number of alkyl halides is 1. The quantitative estimate of drug-likeness (QED) is 0.606. The number of aryl methyl sites for hydroxylation is 1. The molecule has 0 saturated carbocycles. The predicted molar refractivity (Wildman–Crippen MR) is 61.5 cm³/mol. The first kappa shape index (κ1) is 12.3. The minimum Gasteiger partial charge on any atom is -0.469 e. The summed E-state index contributed by atoms with van der Waals surface area (Å²) < 4.78 is 4.59. The molecule has 15 heavy (non-hydrogen) atoms. The van der Waals surface area contributed by atoms with Gasteiger partial charge in [0.2, 0.25) is 0 Å². The zero-order valence-electron chi connectivity index (χ0n) is 8.64. The van der Waals surface area contributed by atoms with Gasteiger partial charge in [-0.3, -0.25) is 4.79 Å². The second-order valence-corrected chi connectivity index (χ2v) is 3.93. The first-order valence-electron chi connectivity index (χ1n) is 4.49. The molecule has 0 aliphatic carbocycles. The molecular formula is C11H12Cl2O2. The molecule has 0 heterocycles. The number of esters is 1. The Morgan fingerprint density at radius 1 is 1.40 bits per heavy atom. The fourth-order valence-corrected chi connectivity index (χ4v) is 1.90. The standard InChI is InChI=1S/C11H12Cl2O2/c1-7-3-8(5-10(14)15-2)11(13)9(4-7)6-12/h3-4H,5-6H2,1-2H3. The van der Waals surface area contributed by atoms with Gasteiger partial charge in [0, 0.05) is 10.9 Å². The Bertz CT molecular complexity index is 375. The van der Waals surface area contributed by atoms with E-state index >= 15 is 0 Å². The summed E-state index contributed by atoms with van der Waals surface area (Å²) in [4.78, 5) is 11.1. The third-order valence-corrected chi connectivity index (χ3v) is 2.85. The van der Waals surface area contributed by atoms with Crippen molar-refractivity contribution in [3.05, 3.63) is 33.8 Å². The molecule has 0 amide bonds. The molecule has 2 nitrogen and oxygen atoms in total. The van der Waals surface area contributed by atoms with Gasteiger partial charge in [0.15, 0.2) is 0 Å². The van der Waals surface area contributed by atoms with Gasteiger partial charge >= 0.3 is 5.97 Å². The highest BCUT2D eigenvalue weighted by atomic mass is 35.5. The summed E-state index contributed by atoms with van der Waals surface area (Å²) in [5.74, 6) is 0.0392. The fraction of sp³-hybridized carbons (Fsp3) is 0.364. The minimum atomic E-state index is -0.303. The zero-order chi connectivity index (χ0) is 11.4. The summed E-state index contributed by atoms with van der Waals surface area (Å²) in [5, 5.41) is 0.556. The molecule has 0 aliphatic heterocycles. The van der Waals surface area contributed by atoms with Gasteiger partial charge in [0.25, 0.3) is 0 Å². The first-order chi connectivity index (χ1) is 7.08. The van der Waals surface area contributed by atoms with Gasteiger partial charge in [-0.05, 0) is 18.1 Å². The molecule has 0 atom stereocenters. The molecule has 82 valence electrons. The van der Waals surface area contributed by atoms with Crippen molar-refractivity contribution in [2.45, 2.75) is 19.2 Å². The van der Waals surface area contributed by atoms with Crippen molar-refractivity contribution < 1.29 is 9.53 Å². The Hall–Kier alpha value is -0.730. The van der Waals surface area contributed by atoms with E-state index in [4.69, 9.17) is 23.2 Å². The largest absolute Gasteiger partial charge is 0.469 e. The van der Waals surface area contributed by atoms with Crippen LogP contribution in [-0.4, -0.2) is 13.1 Å². The van der Waals surface area contributed by atoms with Gasteiger partial charge in [0.05, 0.1) is 13.5 Å². The van der Waals surface area contributed by atoms with Crippen LogP contribution in [0.2, 0.25) is 5.02 Å². The lowest BCUT2D eigenvalue weighted by Gasteiger charge is -2.08. The summed E-state index contributed by atoms with van der Waals surface area (Å²) in [6, 6.07) is 3.78. The maximum atomic E-state index is 11.1. The molecule has 0 spiro atoms. The Labute approximate surface area is 99.1 Å². The monoisotopic (exact) mass is 246 g/mol. The summed E-state index contributed by atoms with van der Waals surface area (Å²) in [6.07, 6.45) is 0.181. The molecular weight excluding hydrogens is 235 g/mol. The van der Waals surface area contributed by atoms with Crippen LogP contribution >= 0.6 is 23.2 Å². The maximum absolute atomic E-state index is 11.1. The number of hydrogen-bond acceptors (Lipinski definition) is 2. The molecule has 1 aromatic rings. The van der Waals surface area contributed by atoms with Crippen LogP contribution in [0.4, 0.5) is 0 Å². The Morgan fingerprint density at radius 2 is 2.00 bits per heavy atom. The third kappa shape index (κ3) is 3.11. The van der Waals surface area contributed by atoms with E-state index in [-0.39, 0.29) is 12.4 Å². The van der Waals surface area contributed by atoms with Crippen LogP contribution in [-0.2, 0) is 21.8 Å². The van der Waals surface area contributed by atoms with Crippen molar-refractivity contribution in [1.82, 2.24) is 0 Å². The van der Waals surface area contributed by atoms with Crippen LogP contribution < -0.4 is 0 Å². The Balaban J connectivity index is 3.06. The molecule has 1 aromatic carbocycles. The van der Waals surface area contributed by atoms with Gasteiger partial charge in [-0.25, -0.2) is 0 Å². The number of rotatable bonds is 3. The smallest absolute Gasteiger partial charge is 0.310 e. The molecule has 0 unspecified atom stereocenters. The summed E-state index contributed by atoms with van der Waals surface area (Å²) in [5.41, 5.74) is 2.64. The van der Waals surface area contributed by atoms with Crippen molar-refractivity contribution >= 4 is 29.2 Å². The molecule has 4 heteroatoms. The molecule has 0 fully saturated rings. The fourth-order valence-electron chi connectivity index (χ4n) is 1.38.